The lowest BCUT2D eigenvalue weighted by atomic mass is 9.86. The number of halogens is 3. The topological polar surface area (TPSA) is 42.8 Å². The largest absolute Gasteiger partial charge is 0.433 e. The fraction of sp³-hybridized carbons (Fsp3) is 0.737. The van der Waals surface area contributed by atoms with Gasteiger partial charge in [-0.3, -0.25) is 4.90 Å². The number of aliphatic hydroxyl groups is 1. The van der Waals surface area contributed by atoms with E-state index in [-0.39, 0.29) is 6.61 Å². The van der Waals surface area contributed by atoms with Crippen LogP contribution in [0.1, 0.15) is 25.0 Å². The molecule has 2 aliphatic heterocycles. The number of hydrogen-bond donors (Lipinski definition) is 1. The Bertz CT molecular complexity index is 605. The van der Waals surface area contributed by atoms with E-state index in [2.05, 4.69) is 21.8 Å². The summed E-state index contributed by atoms with van der Waals surface area (Å²) in [5.74, 6) is 0.723. The van der Waals surface area contributed by atoms with Gasteiger partial charge in [0.05, 0.1) is 0 Å². The molecule has 0 saturated carbocycles. The van der Waals surface area contributed by atoms with Crippen molar-refractivity contribution >= 4 is 5.82 Å². The number of pyridine rings is 1. The number of likely N-dealkylation sites (N-methyl/N-ethyl adjacent to an activating group) is 1. The first-order chi connectivity index (χ1) is 12.9. The fourth-order valence-corrected chi connectivity index (χ4v) is 4.26. The number of alkyl halides is 3. The summed E-state index contributed by atoms with van der Waals surface area (Å²) < 4.78 is 39.0. The maximum Gasteiger partial charge on any atom is 0.433 e. The number of nitrogens with zero attached hydrogens (tertiary/aromatic N) is 4. The number of piperazine rings is 1. The summed E-state index contributed by atoms with van der Waals surface area (Å²) in [4.78, 5) is 10.7. The Labute approximate surface area is 158 Å². The minimum atomic E-state index is -4.43. The van der Waals surface area contributed by atoms with E-state index in [1.165, 1.54) is 6.07 Å². The van der Waals surface area contributed by atoms with Gasteiger partial charge in [-0.05, 0) is 44.4 Å². The van der Waals surface area contributed by atoms with Gasteiger partial charge in [0.25, 0.3) is 0 Å². The first-order valence-electron chi connectivity index (χ1n) is 9.71. The summed E-state index contributed by atoms with van der Waals surface area (Å²) in [6.07, 6.45) is -1.91. The molecule has 0 bridgehead atoms. The lowest BCUT2D eigenvalue weighted by Gasteiger charge is -2.46. The van der Waals surface area contributed by atoms with Gasteiger partial charge >= 0.3 is 6.18 Å². The summed E-state index contributed by atoms with van der Waals surface area (Å²) in [6.45, 7) is 5.68. The SMILES string of the molecule is CN1CCN([C@@H]2CCN(c3cccc(C(F)(F)F)n3)C[C@@H]2CCCO)CC1. The number of piperidine rings is 1. The second-order valence-electron chi connectivity index (χ2n) is 7.65. The highest BCUT2D eigenvalue weighted by Crippen LogP contribution is 2.32. The standard InChI is InChI=1S/C19H29F3N4O/c1-24-9-11-25(12-10-24)16-7-8-26(14-15(16)4-3-13-27)18-6-2-5-17(23-18)19(20,21)22/h2,5-6,15-16,27H,3-4,7-14H2,1H3/t15-,16+/m0/s1. The molecule has 0 unspecified atom stereocenters. The Hall–Kier alpha value is -1.38. The van der Waals surface area contributed by atoms with Crippen molar-refractivity contribution in [2.45, 2.75) is 31.5 Å². The highest BCUT2D eigenvalue weighted by atomic mass is 19.4. The van der Waals surface area contributed by atoms with Crippen molar-refractivity contribution in [2.75, 3.05) is 57.8 Å². The number of rotatable bonds is 5. The third kappa shape index (κ3) is 5.12. The Morgan fingerprint density at radius 1 is 1.15 bits per heavy atom. The molecule has 27 heavy (non-hydrogen) atoms. The van der Waals surface area contributed by atoms with Gasteiger partial charge < -0.3 is 14.9 Å². The van der Waals surface area contributed by atoms with Gasteiger partial charge in [-0.1, -0.05) is 6.07 Å². The van der Waals surface area contributed by atoms with Crippen LogP contribution >= 0.6 is 0 Å². The smallest absolute Gasteiger partial charge is 0.396 e. The number of anilines is 1. The maximum absolute atomic E-state index is 13.0. The molecule has 3 rings (SSSR count). The van der Waals surface area contributed by atoms with Crippen LogP contribution in [0.2, 0.25) is 0 Å². The molecular weight excluding hydrogens is 357 g/mol. The zero-order valence-electron chi connectivity index (χ0n) is 15.8. The van der Waals surface area contributed by atoms with Crippen LogP contribution in [0.4, 0.5) is 19.0 Å². The number of aliphatic hydroxyl groups excluding tert-OH is 1. The number of hydrogen-bond acceptors (Lipinski definition) is 5. The normalized spacial score (nSPS) is 25.7. The van der Waals surface area contributed by atoms with Crippen LogP contribution in [0.25, 0.3) is 0 Å². The van der Waals surface area contributed by atoms with Crippen LogP contribution in [-0.2, 0) is 6.18 Å². The summed E-state index contributed by atoms with van der Waals surface area (Å²) in [6, 6.07) is 4.53. The molecular formula is C19H29F3N4O. The highest BCUT2D eigenvalue weighted by molar-refractivity contribution is 5.40. The van der Waals surface area contributed by atoms with Crippen molar-refractivity contribution < 1.29 is 18.3 Å². The van der Waals surface area contributed by atoms with E-state index in [0.717, 1.165) is 51.5 Å². The predicted octanol–water partition coefficient (Wildman–Crippen LogP) is 2.32. The van der Waals surface area contributed by atoms with E-state index < -0.39 is 11.9 Å². The zero-order valence-corrected chi connectivity index (χ0v) is 15.8. The molecule has 8 heteroatoms. The average molecular weight is 386 g/mol. The number of aromatic nitrogens is 1. The van der Waals surface area contributed by atoms with Crippen molar-refractivity contribution in [1.82, 2.24) is 14.8 Å². The van der Waals surface area contributed by atoms with Gasteiger partial charge in [-0.2, -0.15) is 13.2 Å². The molecule has 2 atom stereocenters. The lowest BCUT2D eigenvalue weighted by molar-refractivity contribution is -0.141. The predicted molar refractivity (Wildman–Crippen MR) is 98.7 cm³/mol. The van der Waals surface area contributed by atoms with Crippen LogP contribution < -0.4 is 4.90 Å². The van der Waals surface area contributed by atoms with Gasteiger partial charge in [0, 0.05) is 51.9 Å². The molecule has 1 aromatic rings. The second kappa shape index (κ2) is 8.75. The molecule has 0 amide bonds. The molecule has 2 saturated heterocycles. The highest BCUT2D eigenvalue weighted by Gasteiger charge is 2.36. The minimum absolute atomic E-state index is 0.147. The molecule has 0 aliphatic carbocycles. The molecule has 2 aliphatic rings. The van der Waals surface area contributed by atoms with Gasteiger partial charge in [0.15, 0.2) is 0 Å². The quantitative estimate of drug-likeness (QED) is 0.841. The van der Waals surface area contributed by atoms with Crippen LogP contribution in [-0.4, -0.2) is 78.9 Å². The average Bonchev–Trinajstić information content (AvgIpc) is 2.66. The van der Waals surface area contributed by atoms with Crippen molar-refractivity contribution in [2.24, 2.45) is 5.92 Å². The molecule has 0 radical (unpaired) electrons. The van der Waals surface area contributed by atoms with Crippen molar-refractivity contribution in [3.63, 3.8) is 0 Å². The Kier molecular flexibility index (Phi) is 6.60. The zero-order chi connectivity index (χ0) is 19.4. The first kappa shape index (κ1) is 20.4. The van der Waals surface area contributed by atoms with Crippen molar-refractivity contribution in [3.8, 4) is 0 Å². The fourth-order valence-electron chi connectivity index (χ4n) is 4.26. The molecule has 0 aromatic carbocycles. The minimum Gasteiger partial charge on any atom is -0.396 e. The van der Waals surface area contributed by atoms with E-state index in [9.17, 15) is 18.3 Å². The van der Waals surface area contributed by atoms with Gasteiger partial charge in [0.2, 0.25) is 0 Å². The molecule has 5 nitrogen and oxygen atoms in total. The van der Waals surface area contributed by atoms with E-state index in [1.807, 2.05) is 4.90 Å². The van der Waals surface area contributed by atoms with Gasteiger partial charge in [0.1, 0.15) is 11.5 Å². The van der Waals surface area contributed by atoms with E-state index in [1.54, 1.807) is 6.07 Å². The third-order valence-corrected chi connectivity index (χ3v) is 5.78. The first-order valence-corrected chi connectivity index (χ1v) is 9.71. The van der Waals surface area contributed by atoms with E-state index in [0.29, 0.717) is 30.9 Å². The molecule has 3 heterocycles. The molecule has 1 aromatic heterocycles. The third-order valence-electron chi connectivity index (χ3n) is 5.78. The van der Waals surface area contributed by atoms with Gasteiger partial charge in [-0.25, -0.2) is 4.98 Å². The lowest BCUT2D eigenvalue weighted by Crippen LogP contribution is -2.56. The summed E-state index contributed by atoms with van der Waals surface area (Å²) >= 11 is 0. The Morgan fingerprint density at radius 2 is 1.89 bits per heavy atom. The molecule has 152 valence electrons. The van der Waals surface area contributed by atoms with E-state index >= 15 is 0 Å². The van der Waals surface area contributed by atoms with Crippen molar-refractivity contribution in [3.05, 3.63) is 23.9 Å². The molecule has 2 fully saturated rings. The summed E-state index contributed by atoms with van der Waals surface area (Å²) in [5, 5.41) is 9.27. The van der Waals surface area contributed by atoms with Crippen molar-refractivity contribution in [1.29, 1.82) is 0 Å². The molecule has 0 spiro atoms. The van der Waals surface area contributed by atoms with Crippen LogP contribution in [0.5, 0.6) is 0 Å². The second-order valence-corrected chi connectivity index (χ2v) is 7.65. The van der Waals surface area contributed by atoms with E-state index in [4.69, 9.17) is 0 Å². The summed E-state index contributed by atoms with van der Waals surface area (Å²) in [7, 11) is 2.13. The molecule has 1 N–H and O–H groups in total. The van der Waals surface area contributed by atoms with Crippen LogP contribution in [0, 0.1) is 5.92 Å². The van der Waals surface area contributed by atoms with Crippen LogP contribution in [0.15, 0.2) is 18.2 Å². The van der Waals surface area contributed by atoms with Crippen LogP contribution in [0.3, 0.4) is 0 Å². The Balaban J connectivity index is 1.72. The maximum atomic E-state index is 13.0. The summed E-state index contributed by atoms with van der Waals surface area (Å²) in [5.41, 5.74) is -0.840. The Morgan fingerprint density at radius 3 is 2.56 bits per heavy atom. The monoisotopic (exact) mass is 386 g/mol. The van der Waals surface area contributed by atoms with Gasteiger partial charge in [-0.15, -0.1) is 0 Å².